The summed E-state index contributed by atoms with van der Waals surface area (Å²) in [4.78, 5) is 1.18. The molecule has 3 heteroatoms. The molecule has 0 aliphatic carbocycles. The van der Waals surface area contributed by atoms with E-state index in [1.807, 2.05) is 36.6 Å². The average Bonchev–Trinajstić information content (AvgIpc) is 2.66. The van der Waals surface area contributed by atoms with Crippen LogP contribution in [0.15, 0.2) is 35.7 Å². The van der Waals surface area contributed by atoms with Crippen molar-refractivity contribution in [2.75, 3.05) is 0 Å². The first-order valence-electron chi connectivity index (χ1n) is 5.05. The van der Waals surface area contributed by atoms with Crippen molar-refractivity contribution in [3.05, 3.63) is 56.7 Å². The summed E-state index contributed by atoms with van der Waals surface area (Å²) in [5, 5.41) is 13.1. The van der Waals surface area contributed by atoms with E-state index in [4.69, 9.17) is 11.6 Å². The van der Waals surface area contributed by atoms with Crippen molar-refractivity contribution in [1.82, 2.24) is 0 Å². The van der Waals surface area contributed by atoms with E-state index in [1.54, 1.807) is 24.3 Å². The topological polar surface area (TPSA) is 20.2 Å². The predicted octanol–water partition coefficient (Wildman–Crippen LogP) is 3.97. The molecule has 1 heterocycles. The number of benzene rings is 1. The predicted molar refractivity (Wildman–Crippen MR) is 69.2 cm³/mol. The molecule has 0 saturated carbocycles. The summed E-state index contributed by atoms with van der Waals surface area (Å²) in [5.74, 6) is 0. The summed E-state index contributed by atoms with van der Waals surface area (Å²) in [6, 6.07) is 9.39. The minimum Gasteiger partial charge on any atom is -0.381 e. The third-order valence-corrected chi connectivity index (χ3v) is 3.88. The summed E-state index contributed by atoms with van der Waals surface area (Å²) >= 11 is 7.74. The Bertz CT molecular complexity index is 502. The molecule has 2 rings (SSSR count). The third-order valence-electron chi connectivity index (χ3n) is 2.69. The van der Waals surface area contributed by atoms with Crippen LogP contribution in [0.1, 0.15) is 22.9 Å². The van der Waals surface area contributed by atoms with Gasteiger partial charge in [0, 0.05) is 15.5 Å². The highest BCUT2D eigenvalue weighted by molar-refractivity contribution is 7.10. The third kappa shape index (κ3) is 2.01. The molecule has 1 nitrogen and oxygen atoms in total. The van der Waals surface area contributed by atoms with Crippen LogP contribution in [0.3, 0.4) is 0 Å². The van der Waals surface area contributed by atoms with Crippen LogP contribution in [0.5, 0.6) is 0 Å². The molecule has 0 spiro atoms. The van der Waals surface area contributed by atoms with Crippen molar-refractivity contribution in [2.24, 2.45) is 0 Å². The first kappa shape index (κ1) is 11.6. The Morgan fingerprint density at radius 1 is 1.31 bits per heavy atom. The molecule has 2 aromatic rings. The molecule has 1 N–H and O–H groups in total. The van der Waals surface area contributed by atoms with Crippen molar-refractivity contribution < 1.29 is 5.11 Å². The molecule has 0 aliphatic heterocycles. The van der Waals surface area contributed by atoms with Crippen molar-refractivity contribution in [1.29, 1.82) is 0 Å². The van der Waals surface area contributed by atoms with Crippen LogP contribution < -0.4 is 0 Å². The van der Waals surface area contributed by atoms with Crippen LogP contribution in [0.4, 0.5) is 0 Å². The largest absolute Gasteiger partial charge is 0.381 e. The fourth-order valence-corrected chi connectivity index (χ4v) is 2.84. The van der Waals surface area contributed by atoms with E-state index in [1.165, 1.54) is 4.88 Å². The van der Waals surface area contributed by atoms with E-state index in [0.29, 0.717) is 5.02 Å². The number of aliphatic hydroxyl groups is 1. The van der Waals surface area contributed by atoms with E-state index in [0.717, 1.165) is 11.1 Å². The van der Waals surface area contributed by atoms with Gasteiger partial charge in [0.05, 0.1) is 0 Å². The van der Waals surface area contributed by atoms with Crippen LogP contribution in [-0.4, -0.2) is 5.11 Å². The molecule has 1 aromatic carbocycles. The van der Waals surface area contributed by atoms with Crippen LogP contribution in [-0.2, 0) is 5.60 Å². The number of aryl methyl sites for hydroxylation is 1. The van der Waals surface area contributed by atoms with Gasteiger partial charge >= 0.3 is 0 Å². The van der Waals surface area contributed by atoms with Crippen molar-refractivity contribution in [2.45, 2.75) is 19.4 Å². The highest BCUT2D eigenvalue weighted by atomic mass is 35.5. The molecule has 0 fully saturated rings. The summed E-state index contributed by atoms with van der Waals surface area (Å²) < 4.78 is 0. The maximum absolute atomic E-state index is 10.6. The molecule has 1 aromatic heterocycles. The Morgan fingerprint density at radius 2 is 2.00 bits per heavy atom. The van der Waals surface area contributed by atoms with E-state index >= 15 is 0 Å². The van der Waals surface area contributed by atoms with Crippen LogP contribution >= 0.6 is 22.9 Å². The highest BCUT2D eigenvalue weighted by Gasteiger charge is 2.28. The van der Waals surface area contributed by atoms with E-state index in [2.05, 4.69) is 0 Å². The lowest BCUT2D eigenvalue weighted by molar-refractivity contribution is 0.103. The molecule has 0 amide bonds. The Morgan fingerprint density at radius 3 is 2.56 bits per heavy atom. The number of halogens is 1. The van der Waals surface area contributed by atoms with Gasteiger partial charge in [0.25, 0.3) is 0 Å². The number of hydrogen-bond acceptors (Lipinski definition) is 2. The first-order chi connectivity index (χ1) is 7.51. The molecule has 1 atom stereocenters. The minimum absolute atomic E-state index is 0.594. The smallest absolute Gasteiger partial charge is 0.114 e. The molecular weight excluding hydrogens is 240 g/mol. The van der Waals surface area contributed by atoms with Crippen molar-refractivity contribution in [3.63, 3.8) is 0 Å². The second kappa shape index (κ2) is 4.21. The van der Waals surface area contributed by atoms with Crippen LogP contribution in [0.2, 0.25) is 5.02 Å². The van der Waals surface area contributed by atoms with Gasteiger partial charge < -0.3 is 5.11 Å². The van der Waals surface area contributed by atoms with Gasteiger partial charge in [-0.3, -0.25) is 0 Å². The van der Waals surface area contributed by atoms with Gasteiger partial charge in [0.15, 0.2) is 0 Å². The Kier molecular flexibility index (Phi) is 3.06. The zero-order valence-electron chi connectivity index (χ0n) is 9.20. The molecule has 84 valence electrons. The second-order valence-corrected chi connectivity index (χ2v) is 5.52. The van der Waals surface area contributed by atoms with E-state index in [9.17, 15) is 5.11 Å². The summed E-state index contributed by atoms with van der Waals surface area (Å²) in [6.07, 6.45) is 0. The molecule has 1 unspecified atom stereocenters. The van der Waals surface area contributed by atoms with Gasteiger partial charge in [-0.1, -0.05) is 29.8 Å². The first-order valence-corrected chi connectivity index (χ1v) is 6.30. The summed E-state index contributed by atoms with van der Waals surface area (Å²) in [6.45, 7) is 3.80. The number of thiophene rings is 1. The Balaban J connectivity index is 2.50. The fraction of sp³-hybridized carbons (Fsp3) is 0.231. The Labute approximate surface area is 104 Å². The zero-order valence-corrected chi connectivity index (χ0v) is 10.8. The molecular formula is C13H13ClOS. The Hall–Kier alpha value is -0.830. The summed E-state index contributed by atoms with van der Waals surface area (Å²) in [7, 11) is 0. The monoisotopic (exact) mass is 252 g/mol. The van der Waals surface area contributed by atoms with Gasteiger partial charge in [-0.2, -0.15) is 0 Å². The summed E-state index contributed by atoms with van der Waals surface area (Å²) in [5.41, 5.74) is 0.612. The van der Waals surface area contributed by atoms with Gasteiger partial charge in [0.1, 0.15) is 5.60 Å². The van der Waals surface area contributed by atoms with Gasteiger partial charge in [0.2, 0.25) is 0 Å². The number of hydrogen-bond donors (Lipinski definition) is 1. The van der Waals surface area contributed by atoms with Crippen LogP contribution in [0.25, 0.3) is 0 Å². The number of rotatable bonds is 2. The van der Waals surface area contributed by atoms with Gasteiger partial charge in [-0.05, 0) is 36.9 Å². The highest BCUT2D eigenvalue weighted by Crippen LogP contribution is 2.35. The molecule has 0 radical (unpaired) electrons. The van der Waals surface area contributed by atoms with Crippen molar-refractivity contribution >= 4 is 22.9 Å². The fourth-order valence-electron chi connectivity index (χ4n) is 1.71. The SMILES string of the molecule is Cc1cc(C(C)(O)c2ccccc2Cl)cs1. The zero-order chi connectivity index (χ0) is 11.8. The maximum Gasteiger partial charge on any atom is 0.114 e. The van der Waals surface area contributed by atoms with E-state index in [-0.39, 0.29) is 0 Å². The average molecular weight is 253 g/mol. The van der Waals surface area contributed by atoms with Gasteiger partial charge in [-0.15, -0.1) is 11.3 Å². The maximum atomic E-state index is 10.6. The molecule has 0 saturated heterocycles. The standard InChI is InChI=1S/C13H13ClOS/c1-9-7-10(8-16-9)13(2,15)11-5-3-4-6-12(11)14/h3-8,15H,1-2H3. The normalized spacial score (nSPS) is 14.8. The lowest BCUT2D eigenvalue weighted by Gasteiger charge is -2.24. The lowest BCUT2D eigenvalue weighted by Crippen LogP contribution is -2.22. The molecule has 0 bridgehead atoms. The molecule has 0 aliphatic rings. The van der Waals surface area contributed by atoms with E-state index < -0.39 is 5.60 Å². The van der Waals surface area contributed by atoms with Crippen molar-refractivity contribution in [3.8, 4) is 0 Å². The molecule has 16 heavy (non-hydrogen) atoms. The van der Waals surface area contributed by atoms with Gasteiger partial charge in [-0.25, -0.2) is 0 Å². The second-order valence-electron chi connectivity index (χ2n) is 4.00. The quantitative estimate of drug-likeness (QED) is 0.858. The minimum atomic E-state index is -1.02. The lowest BCUT2D eigenvalue weighted by atomic mass is 9.90. The van der Waals surface area contributed by atoms with Crippen LogP contribution in [0, 0.1) is 6.92 Å².